The SMILES string of the molecule is C[C@H](/C=C/C(=O)Nc1ccccc1N)[C@H](OC(=O)Nc1cccc2ccccc12)c1cc(I)ccc1O. The minimum absolute atomic E-state index is 0.00913. The largest absolute Gasteiger partial charge is 0.508 e. The minimum atomic E-state index is -0.865. The molecule has 0 unspecified atom stereocenters. The highest BCUT2D eigenvalue weighted by Gasteiger charge is 2.26. The second kappa shape index (κ2) is 11.8. The number of aromatic hydroxyl groups is 1. The van der Waals surface area contributed by atoms with Crippen molar-refractivity contribution in [3.05, 3.63) is 106 Å². The van der Waals surface area contributed by atoms with Gasteiger partial charge in [0.15, 0.2) is 0 Å². The summed E-state index contributed by atoms with van der Waals surface area (Å²) in [5, 5.41) is 18.0. The van der Waals surface area contributed by atoms with Crippen LogP contribution in [0.2, 0.25) is 0 Å². The van der Waals surface area contributed by atoms with Crippen LogP contribution < -0.4 is 16.4 Å². The molecule has 0 heterocycles. The maximum atomic E-state index is 13.0. The smallest absolute Gasteiger partial charge is 0.412 e. The van der Waals surface area contributed by atoms with Crippen LogP contribution in [0.15, 0.2) is 97.1 Å². The van der Waals surface area contributed by atoms with Crippen LogP contribution in [0.4, 0.5) is 21.9 Å². The number of rotatable bonds is 7. The Kier molecular flexibility index (Phi) is 8.29. The lowest BCUT2D eigenvalue weighted by molar-refractivity contribution is -0.111. The second-order valence-corrected chi connectivity index (χ2v) is 9.72. The van der Waals surface area contributed by atoms with Gasteiger partial charge in [-0.2, -0.15) is 0 Å². The summed E-state index contributed by atoms with van der Waals surface area (Å²) in [5.74, 6) is -0.845. The molecule has 188 valence electrons. The van der Waals surface area contributed by atoms with E-state index < -0.39 is 18.1 Å². The number of para-hydroxylation sites is 2. The van der Waals surface area contributed by atoms with Crippen LogP contribution in [0.5, 0.6) is 5.75 Å². The lowest BCUT2D eigenvalue weighted by Crippen LogP contribution is -2.22. The standard InChI is InChI=1S/C29H26IN3O4/c1-18(13-16-27(35)32-25-11-5-4-10-23(25)31)28(22-17-20(30)14-15-26(22)34)37-29(36)33-24-12-6-8-19-7-2-3-9-21(19)24/h2-18,28,34H,31H2,1H3,(H,32,35)(H,33,36)/b16-13+/t18-,28+/m1/s1. The van der Waals surface area contributed by atoms with Crippen LogP contribution in [-0.2, 0) is 9.53 Å². The number of phenolic OH excluding ortho intramolecular Hbond substituents is 1. The van der Waals surface area contributed by atoms with Gasteiger partial charge in [0.05, 0.1) is 17.1 Å². The summed E-state index contributed by atoms with van der Waals surface area (Å²) in [7, 11) is 0. The van der Waals surface area contributed by atoms with Crippen molar-refractivity contribution in [2.24, 2.45) is 5.92 Å². The van der Waals surface area contributed by atoms with Gasteiger partial charge in [-0.25, -0.2) is 4.79 Å². The topological polar surface area (TPSA) is 114 Å². The number of hydrogen-bond acceptors (Lipinski definition) is 5. The monoisotopic (exact) mass is 607 g/mol. The number of ether oxygens (including phenoxy) is 1. The zero-order chi connectivity index (χ0) is 26.4. The Labute approximate surface area is 228 Å². The lowest BCUT2D eigenvalue weighted by atomic mass is 9.96. The Bertz CT molecular complexity index is 1470. The van der Waals surface area contributed by atoms with Gasteiger partial charge in [0, 0.05) is 20.4 Å². The van der Waals surface area contributed by atoms with Crippen molar-refractivity contribution in [3.8, 4) is 5.75 Å². The van der Waals surface area contributed by atoms with E-state index in [-0.39, 0.29) is 11.7 Å². The van der Waals surface area contributed by atoms with E-state index in [2.05, 4.69) is 33.2 Å². The van der Waals surface area contributed by atoms with Gasteiger partial charge >= 0.3 is 6.09 Å². The fraction of sp³-hybridized carbons (Fsp3) is 0.103. The molecule has 7 nitrogen and oxygen atoms in total. The first-order valence-corrected chi connectivity index (χ1v) is 12.7. The van der Waals surface area contributed by atoms with Gasteiger partial charge in [-0.3, -0.25) is 10.1 Å². The number of nitrogens with one attached hydrogen (secondary N) is 2. The number of fused-ring (bicyclic) bond motifs is 1. The van der Waals surface area contributed by atoms with E-state index in [1.54, 1.807) is 61.5 Å². The summed E-state index contributed by atoms with van der Waals surface area (Å²) in [4.78, 5) is 25.5. The van der Waals surface area contributed by atoms with E-state index in [0.717, 1.165) is 14.3 Å². The van der Waals surface area contributed by atoms with E-state index in [9.17, 15) is 14.7 Å². The van der Waals surface area contributed by atoms with E-state index in [1.165, 1.54) is 6.08 Å². The molecular weight excluding hydrogens is 581 g/mol. The number of phenols is 1. The van der Waals surface area contributed by atoms with Crippen molar-refractivity contribution in [3.63, 3.8) is 0 Å². The molecule has 0 aliphatic carbocycles. The van der Waals surface area contributed by atoms with Gasteiger partial charge in [-0.05, 0) is 70.5 Å². The molecule has 37 heavy (non-hydrogen) atoms. The number of anilines is 3. The predicted octanol–water partition coefficient (Wildman–Crippen LogP) is 6.85. The number of benzene rings is 4. The Morgan fingerprint density at radius 2 is 1.65 bits per heavy atom. The van der Waals surface area contributed by atoms with Gasteiger partial charge in [-0.1, -0.05) is 61.5 Å². The highest BCUT2D eigenvalue weighted by atomic mass is 127. The third-order valence-corrected chi connectivity index (χ3v) is 6.47. The van der Waals surface area contributed by atoms with Crippen LogP contribution in [0.25, 0.3) is 10.8 Å². The Morgan fingerprint density at radius 1 is 0.946 bits per heavy atom. The van der Waals surface area contributed by atoms with Crippen LogP contribution in [0.1, 0.15) is 18.6 Å². The van der Waals surface area contributed by atoms with Crippen molar-refractivity contribution in [2.45, 2.75) is 13.0 Å². The van der Waals surface area contributed by atoms with Crippen LogP contribution in [-0.4, -0.2) is 17.1 Å². The molecule has 4 aromatic carbocycles. The molecule has 4 rings (SSSR count). The molecule has 4 aromatic rings. The van der Waals surface area contributed by atoms with Crippen molar-refractivity contribution < 1.29 is 19.4 Å². The lowest BCUT2D eigenvalue weighted by Gasteiger charge is -2.24. The third kappa shape index (κ3) is 6.59. The number of nitrogens with two attached hydrogens (primary N) is 1. The molecule has 0 bridgehead atoms. The first kappa shape index (κ1) is 26.0. The Balaban J connectivity index is 1.55. The minimum Gasteiger partial charge on any atom is -0.508 e. The maximum absolute atomic E-state index is 13.0. The summed E-state index contributed by atoms with van der Waals surface area (Å²) < 4.78 is 6.70. The third-order valence-electron chi connectivity index (χ3n) is 5.80. The van der Waals surface area contributed by atoms with Gasteiger partial charge in [0.25, 0.3) is 0 Å². The zero-order valence-corrected chi connectivity index (χ0v) is 22.2. The quantitative estimate of drug-likeness (QED) is 0.104. The molecular formula is C29H26IN3O4. The second-order valence-electron chi connectivity index (χ2n) is 8.48. The summed E-state index contributed by atoms with van der Waals surface area (Å²) in [6.45, 7) is 1.80. The molecule has 2 atom stereocenters. The molecule has 0 fully saturated rings. The molecule has 0 saturated carbocycles. The first-order valence-electron chi connectivity index (χ1n) is 11.6. The van der Waals surface area contributed by atoms with Gasteiger partial charge in [0.1, 0.15) is 11.9 Å². The molecule has 0 spiro atoms. The molecule has 5 N–H and O–H groups in total. The van der Waals surface area contributed by atoms with E-state index in [1.807, 2.05) is 36.4 Å². The molecule has 0 aromatic heterocycles. The fourth-order valence-corrected chi connectivity index (χ4v) is 4.44. The maximum Gasteiger partial charge on any atom is 0.412 e. The highest BCUT2D eigenvalue weighted by Crippen LogP contribution is 2.35. The van der Waals surface area contributed by atoms with E-state index in [4.69, 9.17) is 10.5 Å². The molecule has 8 heteroatoms. The molecule has 0 saturated heterocycles. The molecule has 0 aliphatic heterocycles. The molecule has 0 aliphatic rings. The summed E-state index contributed by atoms with van der Waals surface area (Å²) in [5.41, 5.74) is 7.90. The first-order chi connectivity index (χ1) is 17.8. The predicted molar refractivity (Wildman–Crippen MR) is 155 cm³/mol. The average Bonchev–Trinajstić information content (AvgIpc) is 2.89. The molecule has 2 amide bonds. The van der Waals surface area contributed by atoms with Crippen LogP contribution in [0.3, 0.4) is 0 Å². The number of hydrogen-bond donors (Lipinski definition) is 4. The summed E-state index contributed by atoms with van der Waals surface area (Å²) >= 11 is 2.13. The van der Waals surface area contributed by atoms with Crippen molar-refractivity contribution in [1.82, 2.24) is 0 Å². The van der Waals surface area contributed by atoms with E-state index >= 15 is 0 Å². The number of halogens is 1. The van der Waals surface area contributed by atoms with Gasteiger partial charge in [0.2, 0.25) is 5.91 Å². The zero-order valence-electron chi connectivity index (χ0n) is 20.0. The number of amides is 2. The summed E-state index contributed by atoms with van der Waals surface area (Å²) in [6, 6.07) is 25.3. The average molecular weight is 607 g/mol. The van der Waals surface area contributed by atoms with E-state index in [0.29, 0.717) is 22.6 Å². The number of carbonyl (C=O) groups is 2. The Morgan fingerprint density at radius 3 is 2.46 bits per heavy atom. The summed E-state index contributed by atoms with van der Waals surface area (Å²) in [6.07, 6.45) is 1.45. The highest BCUT2D eigenvalue weighted by molar-refractivity contribution is 14.1. The normalized spacial score (nSPS) is 12.7. The van der Waals surface area contributed by atoms with Crippen molar-refractivity contribution in [1.29, 1.82) is 0 Å². The number of nitrogen functional groups attached to an aromatic ring is 1. The van der Waals surface area contributed by atoms with Crippen LogP contribution in [0, 0.1) is 9.49 Å². The fourth-order valence-electron chi connectivity index (χ4n) is 3.92. The Hall–Kier alpha value is -4.05. The van der Waals surface area contributed by atoms with Crippen molar-refractivity contribution >= 4 is 62.4 Å². The van der Waals surface area contributed by atoms with Gasteiger partial charge < -0.3 is 20.9 Å². The number of carbonyl (C=O) groups excluding carboxylic acids is 2. The molecule has 0 radical (unpaired) electrons. The van der Waals surface area contributed by atoms with Gasteiger partial charge in [-0.15, -0.1) is 0 Å². The van der Waals surface area contributed by atoms with Crippen molar-refractivity contribution in [2.75, 3.05) is 16.4 Å². The van der Waals surface area contributed by atoms with Crippen LogP contribution >= 0.6 is 22.6 Å².